The predicted molar refractivity (Wildman–Crippen MR) is 83.4 cm³/mol. The van der Waals surface area contributed by atoms with Gasteiger partial charge < -0.3 is 14.6 Å². The Bertz CT molecular complexity index is 540. The number of hydrogen-bond acceptors (Lipinski definition) is 7. The van der Waals surface area contributed by atoms with E-state index in [4.69, 9.17) is 14.6 Å². The summed E-state index contributed by atoms with van der Waals surface area (Å²) in [6.45, 7) is 2.51. The molecule has 2 fully saturated rings. The average molecular weight is 339 g/mol. The molecule has 0 bridgehead atoms. The Morgan fingerprint density at radius 2 is 2.29 bits per heavy atom. The third-order valence-corrected chi connectivity index (χ3v) is 5.32. The molecule has 0 unspecified atom stereocenters. The van der Waals surface area contributed by atoms with Gasteiger partial charge in [-0.25, -0.2) is 9.48 Å². The fraction of sp³-hybridized carbons (Fsp3) is 0.867. The van der Waals surface area contributed by atoms with Gasteiger partial charge in [0, 0.05) is 32.8 Å². The maximum Gasteiger partial charge on any atom is 0.329 e. The highest BCUT2D eigenvalue weighted by molar-refractivity contribution is 5.68. The zero-order chi connectivity index (χ0) is 17.0. The van der Waals surface area contributed by atoms with E-state index in [9.17, 15) is 4.79 Å². The minimum atomic E-state index is -0.914. The highest BCUT2D eigenvalue weighted by Crippen LogP contribution is 2.43. The van der Waals surface area contributed by atoms with Gasteiger partial charge in [0.05, 0.1) is 11.7 Å². The van der Waals surface area contributed by atoms with Crippen molar-refractivity contribution in [2.45, 2.75) is 56.4 Å². The van der Waals surface area contributed by atoms with Crippen molar-refractivity contribution in [3.05, 3.63) is 6.33 Å². The minimum absolute atomic E-state index is 0.00510. The van der Waals surface area contributed by atoms with Crippen molar-refractivity contribution in [2.75, 3.05) is 26.8 Å². The summed E-state index contributed by atoms with van der Waals surface area (Å²) in [5.74, 6) is -0.914. The van der Waals surface area contributed by atoms with Crippen LogP contribution in [0, 0.1) is 0 Å². The topological polar surface area (TPSA) is 103 Å². The quantitative estimate of drug-likeness (QED) is 0.715. The summed E-state index contributed by atoms with van der Waals surface area (Å²) in [6, 6.07) is 0.281. The van der Waals surface area contributed by atoms with Gasteiger partial charge in [0.15, 0.2) is 0 Å². The number of likely N-dealkylation sites (tertiary alicyclic amines) is 1. The molecule has 1 aromatic rings. The molecule has 9 nitrogen and oxygen atoms in total. The average Bonchev–Trinajstić information content (AvgIpc) is 3.21. The van der Waals surface area contributed by atoms with E-state index in [-0.39, 0.29) is 24.4 Å². The number of hydrogen-bond donors (Lipinski definition) is 1. The van der Waals surface area contributed by atoms with Gasteiger partial charge in [-0.1, -0.05) is 0 Å². The van der Waals surface area contributed by atoms with Crippen molar-refractivity contribution >= 4 is 5.97 Å². The largest absolute Gasteiger partial charge is 0.480 e. The van der Waals surface area contributed by atoms with E-state index in [1.807, 2.05) is 0 Å². The number of carbonyl (C=O) groups is 1. The number of aliphatic carboxylic acids is 1. The Labute approximate surface area is 140 Å². The molecule has 0 amide bonds. The van der Waals surface area contributed by atoms with Gasteiger partial charge in [0.25, 0.3) is 0 Å². The normalized spacial score (nSPS) is 30.4. The smallest absolute Gasteiger partial charge is 0.329 e. The zero-order valence-corrected chi connectivity index (χ0v) is 14.0. The number of tetrazole rings is 1. The van der Waals surface area contributed by atoms with Crippen molar-refractivity contribution in [1.82, 2.24) is 25.1 Å². The van der Waals surface area contributed by atoms with Gasteiger partial charge in [-0.05, 0) is 42.5 Å². The molecule has 3 rings (SSSR count). The molecule has 134 valence electrons. The molecule has 2 heterocycles. The summed E-state index contributed by atoms with van der Waals surface area (Å²) >= 11 is 0. The molecular formula is C15H25N5O4. The lowest BCUT2D eigenvalue weighted by molar-refractivity contribution is -0.148. The van der Waals surface area contributed by atoms with Crippen LogP contribution in [0.1, 0.15) is 32.1 Å². The highest BCUT2D eigenvalue weighted by atomic mass is 16.5. The van der Waals surface area contributed by atoms with Crippen molar-refractivity contribution in [3.63, 3.8) is 0 Å². The van der Waals surface area contributed by atoms with E-state index >= 15 is 0 Å². The van der Waals surface area contributed by atoms with E-state index in [1.165, 1.54) is 0 Å². The Morgan fingerprint density at radius 1 is 1.42 bits per heavy atom. The minimum Gasteiger partial charge on any atom is -0.480 e. The Morgan fingerprint density at radius 3 is 3.00 bits per heavy atom. The lowest BCUT2D eigenvalue weighted by Crippen LogP contribution is -2.52. The first-order valence-electron chi connectivity index (χ1n) is 8.46. The molecule has 9 heteroatoms. The lowest BCUT2D eigenvalue weighted by atomic mass is 9.79. The second-order valence-corrected chi connectivity index (χ2v) is 6.60. The van der Waals surface area contributed by atoms with Gasteiger partial charge in [0.1, 0.15) is 12.9 Å². The number of aromatic nitrogens is 4. The van der Waals surface area contributed by atoms with Crippen LogP contribution in [0.5, 0.6) is 0 Å². The Kier molecular flexibility index (Phi) is 5.42. The lowest BCUT2D eigenvalue weighted by Gasteiger charge is -2.43. The van der Waals surface area contributed by atoms with E-state index < -0.39 is 5.97 Å². The monoisotopic (exact) mass is 339 g/mol. The van der Waals surface area contributed by atoms with Crippen LogP contribution in [0.4, 0.5) is 0 Å². The molecule has 1 saturated carbocycles. The first-order valence-corrected chi connectivity index (χ1v) is 8.46. The highest BCUT2D eigenvalue weighted by Gasteiger charge is 2.50. The fourth-order valence-corrected chi connectivity index (χ4v) is 4.08. The Balaban J connectivity index is 1.55. The van der Waals surface area contributed by atoms with Gasteiger partial charge in [-0.2, -0.15) is 0 Å². The number of rotatable bonds is 8. The van der Waals surface area contributed by atoms with Crippen molar-refractivity contribution in [1.29, 1.82) is 0 Å². The number of ether oxygens (including phenoxy) is 2. The van der Waals surface area contributed by atoms with Crippen LogP contribution in [0.2, 0.25) is 0 Å². The molecule has 1 aliphatic heterocycles. The van der Waals surface area contributed by atoms with Crippen LogP contribution in [0.3, 0.4) is 0 Å². The summed E-state index contributed by atoms with van der Waals surface area (Å²) in [7, 11) is 1.79. The number of methoxy groups -OCH3 is 1. The summed E-state index contributed by atoms with van der Waals surface area (Å²) in [5.41, 5.74) is -0.113. The van der Waals surface area contributed by atoms with E-state index in [2.05, 4.69) is 20.4 Å². The maximum atomic E-state index is 10.7. The molecule has 3 atom stereocenters. The van der Waals surface area contributed by atoms with Crippen molar-refractivity contribution < 1.29 is 19.4 Å². The summed E-state index contributed by atoms with van der Waals surface area (Å²) in [5, 5.41) is 20.0. The van der Waals surface area contributed by atoms with Crippen LogP contribution in [0.25, 0.3) is 0 Å². The molecule has 1 aliphatic carbocycles. The first-order chi connectivity index (χ1) is 11.6. The molecule has 1 aromatic heterocycles. The molecule has 0 aromatic carbocycles. The summed E-state index contributed by atoms with van der Waals surface area (Å²) < 4.78 is 13.2. The molecule has 1 N–H and O–H groups in total. The van der Waals surface area contributed by atoms with E-state index in [0.29, 0.717) is 0 Å². The second-order valence-electron chi connectivity index (χ2n) is 6.60. The molecule has 1 saturated heterocycles. The van der Waals surface area contributed by atoms with Gasteiger partial charge >= 0.3 is 5.97 Å². The maximum absolute atomic E-state index is 10.7. The standard InChI is InChI=1S/C15H25N5O4/c1-23-15-4-3-12(24-10-14(21)22)9-13(15)19(8-5-15)6-2-7-20-11-16-17-18-20/h11-13H,2-10H2,1H3,(H,21,22)/t12-,13+,15-/m1/s1. The zero-order valence-electron chi connectivity index (χ0n) is 14.0. The van der Waals surface area contributed by atoms with Crippen LogP contribution in [0.15, 0.2) is 6.33 Å². The molecule has 0 spiro atoms. The van der Waals surface area contributed by atoms with Gasteiger partial charge in [-0.15, -0.1) is 5.10 Å². The summed E-state index contributed by atoms with van der Waals surface area (Å²) in [6.07, 6.45) is 6.20. The number of nitrogens with zero attached hydrogens (tertiary/aromatic N) is 5. The number of carboxylic acids is 1. The number of fused-ring (bicyclic) bond motifs is 1. The van der Waals surface area contributed by atoms with Crippen LogP contribution in [-0.2, 0) is 20.8 Å². The fourth-order valence-electron chi connectivity index (χ4n) is 4.08. The SMILES string of the molecule is CO[C@@]12CC[C@@H](OCC(=O)O)C[C@@H]1N(CCCn1cnnn1)CC2. The van der Waals surface area contributed by atoms with Crippen molar-refractivity contribution in [2.24, 2.45) is 0 Å². The van der Waals surface area contributed by atoms with Crippen LogP contribution >= 0.6 is 0 Å². The van der Waals surface area contributed by atoms with Gasteiger partial charge in [-0.3, -0.25) is 4.90 Å². The third-order valence-electron chi connectivity index (χ3n) is 5.32. The molecule has 2 aliphatic rings. The molecular weight excluding hydrogens is 314 g/mol. The predicted octanol–water partition coefficient (Wildman–Crippen LogP) is 0.176. The van der Waals surface area contributed by atoms with Crippen LogP contribution in [-0.4, -0.2) is 80.7 Å². The number of carboxylic acid groups (broad SMARTS) is 1. The Hall–Kier alpha value is -1.58. The van der Waals surface area contributed by atoms with Crippen LogP contribution < -0.4 is 0 Å². The number of aryl methyl sites for hydroxylation is 1. The second kappa shape index (κ2) is 7.54. The first kappa shape index (κ1) is 17.2. The van der Waals surface area contributed by atoms with Crippen molar-refractivity contribution in [3.8, 4) is 0 Å². The summed E-state index contributed by atoms with van der Waals surface area (Å²) in [4.78, 5) is 13.2. The van der Waals surface area contributed by atoms with E-state index in [0.717, 1.165) is 51.7 Å². The molecule has 0 radical (unpaired) electrons. The molecule has 24 heavy (non-hydrogen) atoms. The van der Waals surface area contributed by atoms with E-state index in [1.54, 1.807) is 18.1 Å². The third kappa shape index (κ3) is 3.73. The van der Waals surface area contributed by atoms with Gasteiger partial charge in [0.2, 0.25) is 0 Å².